The number of fused-ring (bicyclic) bond motifs is 8. The molecule has 5 aromatic carbocycles. The molecule has 4 aliphatic rings. The summed E-state index contributed by atoms with van der Waals surface area (Å²) in [7, 11) is 0. The van der Waals surface area contributed by atoms with Gasteiger partial charge in [-0.3, -0.25) is 0 Å². The van der Waals surface area contributed by atoms with Crippen molar-refractivity contribution in [1.29, 1.82) is 0 Å². The molecule has 0 bridgehead atoms. The van der Waals surface area contributed by atoms with Gasteiger partial charge >= 0.3 is 0 Å². The molecule has 0 saturated carbocycles. The number of rotatable bonds is 3. The first-order chi connectivity index (χ1) is 30.6. The maximum atomic E-state index is 7.83. The Bertz CT molecular complexity index is 2920. The fraction of sp³-hybridized carbons (Fsp3) is 0.452. The van der Waals surface area contributed by atoms with E-state index in [1.165, 1.54) is 89.6 Å². The molecule has 2 aliphatic heterocycles. The van der Waals surface area contributed by atoms with Crippen molar-refractivity contribution in [3.05, 3.63) is 136 Å². The van der Waals surface area contributed by atoms with Gasteiger partial charge in [0.05, 0.1) is 17.0 Å². The van der Waals surface area contributed by atoms with Crippen LogP contribution in [0.25, 0.3) is 11.1 Å². The Balaban J connectivity index is 1.41. The number of benzene rings is 5. The second-order valence-corrected chi connectivity index (χ2v) is 26.4. The minimum Gasteiger partial charge on any atom is -0.472 e. The molecule has 0 N–H and O–H groups in total. The molecule has 0 radical (unpaired) electrons. The lowest BCUT2D eigenvalue weighted by Crippen LogP contribution is -2.62. The zero-order valence-electron chi connectivity index (χ0n) is 43.4. The summed E-state index contributed by atoms with van der Waals surface area (Å²) in [6.07, 6.45) is 4.47. The zero-order valence-corrected chi connectivity index (χ0v) is 43.4. The first-order valence-electron chi connectivity index (χ1n) is 25.1. The third-order valence-corrected chi connectivity index (χ3v) is 16.5. The van der Waals surface area contributed by atoms with E-state index >= 15 is 0 Å². The summed E-state index contributed by atoms with van der Waals surface area (Å²) in [4.78, 5) is 5.40. The zero-order chi connectivity index (χ0) is 47.5. The average molecular weight is 875 g/mol. The van der Waals surface area contributed by atoms with Crippen LogP contribution in [0.4, 0.5) is 34.1 Å². The van der Waals surface area contributed by atoms with Gasteiger partial charge in [0, 0.05) is 39.3 Å². The quantitative estimate of drug-likeness (QED) is 0.165. The lowest BCUT2D eigenvalue weighted by atomic mass is 9.34. The Hall–Kier alpha value is -4.96. The smallest absolute Gasteiger partial charge is 0.297 e. The van der Waals surface area contributed by atoms with Crippen molar-refractivity contribution in [1.82, 2.24) is 0 Å². The van der Waals surface area contributed by atoms with E-state index in [0.29, 0.717) is 0 Å². The van der Waals surface area contributed by atoms with Crippen LogP contribution in [-0.4, -0.2) is 6.71 Å². The lowest BCUT2D eigenvalue weighted by molar-refractivity contribution is 0.282. The van der Waals surface area contributed by atoms with Crippen molar-refractivity contribution in [2.75, 3.05) is 9.80 Å². The van der Waals surface area contributed by atoms with Crippen molar-refractivity contribution >= 4 is 57.4 Å². The van der Waals surface area contributed by atoms with Gasteiger partial charge in [-0.15, -0.1) is 0 Å². The van der Waals surface area contributed by atoms with Crippen molar-refractivity contribution < 1.29 is 4.42 Å². The van der Waals surface area contributed by atoms with Gasteiger partial charge in [-0.25, -0.2) is 0 Å². The van der Waals surface area contributed by atoms with Crippen LogP contribution in [0.3, 0.4) is 0 Å². The Morgan fingerprint density at radius 2 is 1.03 bits per heavy atom. The van der Waals surface area contributed by atoms with Crippen LogP contribution in [0.1, 0.15) is 183 Å². The van der Waals surface area contributed by atoms with Crippen LogP contribution in [0.5, 0.6) is 0 Å². The van der Waals surface area contributed by atoms with E-state index in [9.17, 15) is 0 Å². The highest BCUT2D eigenvalue weighted by atomic mass is 16.3. The molecular formula is C62H75BN2O. The molecule has 2 aliphatic carbocycles. The molecule has 10 rings (SSSR count). The van der Waals surface area contributed by atoms with Crippen molar-refractivity contribution in [2.45, 2.75) is 181 Å². The number of nitrogens with zero attached hydrogens (tertiary/aromatic N) is 2. The maximum absolute atomic E-state index is 7.83. The highest BCUT2D eigenvalue weighted by Gasteiger charge is 2.54. The minimum atomic E-state index is -0.137. The molecule has 0 atom stereocenters. The Morgan fingerprint density at radius 1 is 0.485 bits per heavy atom. The fourth-order valence-electron chi connectivity index (χ4n) is 12.1. The van der Waals surface area contributed by atoms with Crippen LogP contribution >= 0.6 is 0 Å². The average Bonchev–Trinajstić information content (AvgIpc) is 3.66. The summed E-state index contributed by atoms with van der Waals surface area (Å²) in [6, 6.07) is 38.2. The van der Waals surface area contributed by atoms with Crippen molar-refractivity contribution in [2.24, 2.45) is 0 Å². The summed E-state index contributed by atoms with van der Waals surface area (Å²) in [6.45, 7) is 40.8. The molecular weight excluding hydrogens is 800 g/mol. The third kappa shape index (κ3) is 6.80. The van der Waals surface area contributed by atoms with Crippen molar-refractivity contribution in [3.8, 4) is 11.1 Å². The second-order valence-electron chi connectivity index (χ2n) is 26.4. The number of hydrogen-bond donors (Lipinski definition) is 0. The van der Waals surface area contributed by atoms with Gasteiger partial charge in [0.2, 0.25) is 0 Å². The highest BCUT2D eigenvalue weighted by Crippen LogP contribution is 2.58. The fourth-order valence-corrected chi connectivity index (χ4v) is 12.1. The first-order valence-corrected chi connectivity index (χ1v) is 25.1. The summed E-state index contributed by atoms with van der Waals surface area (Å²) < 4.78 is 7.83. The van der Waals surface area contributed by atoms with Gasteiger partial charge in [-0.2, -0.15) is 0 Å². The van der Waals surface area contributed by atoms with E-state index in [4.69, 9.17) is 4.42 Å². The number of hydrogen-bond acceptors (Lipinski definition) is 3. The number of furan rings is 1. The molecule has 0 spiro atoms. The monoisotopic (exact) mass is 875 g/mol. The molecule has 0 unspecified atom stereocenters. The van der Waals surface area contributed by atoms with Gasteiger partial charge in [0.25, 0.3) is 6.71 Å². The van der Waals surface area contributed by atoms with Crippen molar-refractivity contribution in [3.63, 3.8) is 0 Å². The number of anilines is 6. The molecule has 1 aromatic heterocycles. The Labute approximate surface area is 398 Å². The summed E-state index contributed by atoms with van der Waals surface area (Å²) >= 11 is 0. The predicted molar refractivity (Wildman–Crippen MR) is 285 cm³/mol. The van der Waals surface area contributed by atoms with Crippen LogP contribution in [0.15, 0.2) is 101 Å². The van der Waals surface area contributed by atoms with E-state index in [1.54, 1.807) is 0 Å². The normalized spacial score (nSPS) is 18.8. The topological polar surface area (TPSA) is 19.6 Å². The molecule has 0 fully saturated rings. The third-order valence-electron chi connectivity index (χ3n) is 16.5. The van der Waals surface area contributed by atoms with Crippen LogP contribution in [-0.2, 0) is 37.9 Å². The van der Waals surface area contributed by atoms with Gasteiger partial charge < -0.3 is 14.2 Å². The second kappa shape index (κ2) is 14.3. The van der Waals surface area contributed by atoms with E-state index in [0.717, 1.165) is 37.1 Å². The molecule has 0 saturated heterocycles. The van der Waals surface area contributed by atoms with E-state index in [-0.39, 0.29) is 44.6 Å². The molecule has 6 aromatic rings. The molecule has 66 heavy (non-hydrogen) atoms. The van der Waals surface area contributed by atoms with Crippen LogP contribution in [0.2, 0.25) is 0 Å². The maximum Gasteiger partial charge on any atom is 0.297 e. The molecule has 342 valence electrons. The van der Waals surface area contributed by atoms with Crippen LogP contribution in [0, 0.1) is 0 Å². The van der Waals surface area contributed by atoms with Gasteiger partial charge in [-0.1, -0.05) is 178 Å². The van der Waals surface area contributed by atoms with Gasteiger partial charge in [-0.05, 0) is 139 Å². The van der Waals surface area contributed by atoms with E-state index in [2.05, 4.69) is 225 Å². The summed E-state index contributed by atoms with van der Waals surface area (Å²) in [5.74, 6) is 1.16. The Kier molecular flexibility index (Phi) is 9.71. The van der Waals surface area contributed by atoms with E-state index < -0.39 is 0 Å². The van der Waals surface area contributed by atoms with E-state index in [1.807, 2.05) is 0 Å². The molecule has 0 amide bonds. The molecule has 3 nitrogen and oxygen atoms in total. The molecule has 3 heterocycles. The summed E-state index contributed by atoms with van der Waals surface area (Å²) in [5.41, 5.74) is 21.8. The predicted octanol–water partition coefficient (Wildman–Crippen LogP) is 15.6. The lowest BCUT2D eigenvalue weighted by Gasteiger charge is -2.49. The minimum absolute atomic E-state index is 0.0272. The van der Waals surface area contributed by atoms with Gasteiger partial charge in [0.1, 0.15) is 5.76 Å². The van der Waals surface area contributed by atoms with Crippen LogP contribution < -0.4 is 26.4 Å². The highest BCUT2D eigenvalue weighted by molar-refractivity contribution is 6.99. The van der Waals surface area contributed by atoms with Gasteiger partial charge in [0.15, 0.2) is 0 Å². The largest absolute Gasteiger partial charge is 0.472 e. The SMILES string of the molecule is CC(C)(C)c1ccc(N2c3cc(C(C)(C)C)cc4c3B(c3ccc5c(c32)C(C)(C)CCC5(C)C)c2oc3c(c2N4c2ccc(C(C)(C)C)cc2-c2ccccc2)C(C)(C)CCC3(C)C)cc1. The standard InChI is InChI=1S/C62H75BN2O/c1-56(2,3)39-23-26-42(27-24-39)64-47-36-41(58(7,8)9)37-48-51(47)63(45-29-28-44-49(52(45)64)60(12,13)32-31-59(44,10)11)55-53(50-54(66-55)62(16,17)34-33-61(50,14)15)65(48)46-30-25-40(57(4,5)6)35-43(46)38-21-19-18-20-22-38/h18-30,35-37H,31-34H2,1-17H3. The summed E-state index contributed by atoms with van der Waals surface area (Å²) in [5, 5.41) is 0. The first kappa shape index (κ1) is 44.9. The molecule has 4 heteroatoms. The Morgan fingerprint density at radius 3 is 1.64 bits per heavy atom.